The second-order valence-corrected chi connectivity index (χ2v) is 5.51. The number of benzene rings is 1. The van der Waals surface area contributed by atoms with Crippen LogP contribution in [0.15, 0.2) is 23.1 Å². The third-order valence-corrected chi connectivity index (χ3v) is 4.01. The van der Waals surface area contributed by atoms with Gasteiger partial charge in [0.05, 0.1) is 11.4 Å². The number of anilines is 1. The Morgan fingerprint density at radius 3 is 3.05 bits per heavy atom. The van der Waals surface area contributed by atoms with E-state index in [9.17, 15) is 9.18 Å². The number of nitrogen functional groups attached to an aromatic ring is 1. The molecule has 4 nitrogen and oxygen atoms in total. The van der Waals surface area contributed by atoms with E-state index >= 15 is 0 Å². The van der Waals surface area contributed by atoms with Crippen molar-refractivity contribution in [2.75, 3.05) is 37.7 Å². The first-order valence-electron chi connectivity index (χ1n) is 6.33. The Bertz CT molecular complexity index is 448. The van der Waals surface area contributed by atoms with Crippen LogP contribution in [0.4, 0.5) is 10.1 Å². The summed E-state index contributed by atoms with van der Waals surface area (Å²) in [5.41, 5.74) is 5.55. The summed E-state index contributed by atoms with van der Waals surface area (Å²) in [4.78, 5) is 14.6. The van der Waals surface area contributed by atoms with Crippen LogP contribution in [0.25, 0.3) is 0 Å². The number of thioether (sulfide) groups is 1. The molecule has 1 aliphatic heterocycles. The molecule has 19 heavy (non-hydrogen) atoms. The highest BCUT2D eigenvalue weighted by Crippen LogP contribution is 2.22. The fourth-order valence-corrected chi connectivity index (χ4v) is 2.75. The first-order valence-corrected chi connectivity index (χ1v) is 7.31. The third kappa shape index (κ3) is 4.11. The minimum atomic E-state index is -0.434. The highest BCUT2D eigenvalue weighted by molar-refractivity contribution is 8.00. The van der Waals surface area contributed by atoms with Crippen LogP contribution in [-0.4, -0.2) is 42.7 Å². The lowest BCUT2D eigenvalue weighted by Crippen LogP contribution is -2.35. The summed E-state index contributed by atoms with van der Waals surface area (Å²) in [6, 6.07) is 4.63. The number of hydrogen-bond acceptors (Lipinski definition) is 4. The lowest BCUT2D eigenvalue weighted by molar-refractivity contribution is -0.128. The van der Waals surface area contributed by atoms with Crippen molar-refractivity contribution >= 4 is 23.4 Å². The number of nitrogens with one attached hydrogen (secondary N) is 1. The van der Waals surface area contributed by atoms with E-state index in [1.165, 1.54) is 23.9 Å². The molecule has 6 heteroatoms. The maximum atomic E-state index is 13.3. The van der Waals surface area contributed by atoms with Gasteiger partial charge < -0.3 is 16.0 Å². The molecule has 0 radical (unpaired) electrons. The predicted octanol–water partition coefficient (Wildman–Crippen LogP) is 1.32. The third-order valence-electron chi connectivity index (χ3n) is 3.03. The SMILES string of the molecule is Nc1ccc(SCC(=O)N2CCCNCC2)cc1F. The van der Waals surface area contributed by atoms with Crippen molar-refractivity contribution in [3.63, 3.8) is 0 Å². The molecule has 0 aliphatic carbocycles. The molecule has 3 N–H and O–H groups in total. The molecular weight excluding hydrogens is 265 g/mol. The van der Waals surface area contributed by atoms with Gasteiger partial charge in [-0.25, -0.2) is 4.39 Å². The first kappa shape index (κ1) is 14.1. The number of hydrogen-bond donors (Lipinski definition) is 2. The van der Waals surface area contributed by atoms with Gasteiger partial charge in [0.2, 0.25) is 5.91 Å². The van der Waals surface area contributed by atoms with Crippen molar-refractivity contribution < 1.29 is 9.18 Å². The monoisotopic (exact) mass is 283 g/mol. The maximum absolute atomic E-state index is 13.3. The van der Waals surface area contributed by atoms with Crippen molar-refractivity contribution in [3.8, 4) is 0 Å². The van der Waals surface area contributed by atoms with E-state index in [1.54, 1.807) is 6.07 Å². The van der Waals surface area contributed by atoms with Crippen molar-refractivity contribution in [3.05, 3.63) is 24.0 Å². The second kappa shape index (κ2) is 6.77. The molecule has 0 atom stereocenters. The van der Waals surface area contributed by atoms with Gasteiger partial charge in [0.1, 0.15) is 5.82 Å². The van der Waals surface area contributed by atoms with Gasteiger partial charge in [-0.05, 0) is 31.2 Å². The van der Waals surface area contributed by atoms with Crippen molar-refractivity contribution in [2.45, 2.75) is 11.3 Å². The molecule has 1 saturated heterocycles. The minimum absolute atomic E-state index is 0.103. The van der Waals surface area contributed by atoms with E-state index in [2.05, 4.69) is 5.32 Å². The summed E-state index contributed by atoms with van der Waals surface area (Å²) in [6.45, 7) is 3.34. The molecule has 1 fully saturated rings. The fraction of sp³-hybridized carbons (Fsp3) is 0.462. The Labute approximate surface area is 116 Å². The number of carbonyl (C=O) groups excluding carboxylic acids is 1. The number of nitrogens with two attached hydrogens (primary N) is 1. The van der Waals surface area contributed by atoms with E-state index in [1.807, 2.05) is 4.90 Å². The van der Waals surface area contributed by atoms with E-state index < -0.39 is 5.82 Å². The van der Waals surface area contributed by atoms with Gasteiger partial charge >= 0.3 is 0 Å². The van der Waals surface area contributed by atoms with E-state index in [0.717, 1.165) is 37.5 Å². The zero-order valence-corrected chi connectivity index (χ0v) is 11.5. The van der Waals surface area contributed by atoms with Crippen LogP contribution >= 0.6 is 11.8 Å². The number of carbonyl (C=O) groups is 1. The second-order valence-electron chi connectivity index (χ2n) is 4.46. The van der Waals surface area contributed by atoms with Crippen molar-refractivity contribution in [2.24, 2.45) is 0 Å². The molecule has 1 aromatic carbocycles. The van der Waals surface area contributed by atoms with Gasteiger partial charge in [-0.2, -0.15) is 0 Å². The van der Waals surface area contributed by atoms with Crippen LogP contribution in [-0.2, 0) is 4.79 Å². The van der Waals surface area contributed by atoms with Gasteiger partial charge in [0, 0.05) is 24.5 Å². The topological polar surface area (TPSA) is 58.4 Å². The van der Waals surface area contributed by atoms with Crippen LogP contribution in [0.1, 0.15) is 6.42 Å². The molecule has 1 aliphatic rings. The number of rotatable bonds is 3. The Morgan fingerprint density at radius 2 is 2.26 bits per heavy atom. The zero-order chi connectivity index (χ0) is 13.7. The lowest BCUT2D eigenvalue weighted by Gasteiger charge is -2.19. The van der Waals surface area contributed by atoms with Crippen LogP contribution in [0.2, 0.25) is 0 Å². The van der Waals surface area contributed by atoms with E-state index in [4.69, 9.17) is 5.73 Å². The summed E-state index contributed by atoms with van der Waals surface area (Å²) >= 11 is 1.34. The normalized spacial score (nSPS) is 16.2. The highest BCUT2D eigenvalue weighted by Gasteiger charge is 2.15. The van der Waals surface area contributed by atoms with Crippen LogP contribution in [0, 0.1) is 5.82 Å². The Balaban J connectivity index is 1.86. The number of nitrogens with zero attached hydrogens (tertiary/aromatic N) is 1. The summed E-state index contributed by atoms with van der Waals surface area (Å²) in [6.07, 6.45) is 0.979. The zero-order valence-electron chi connectivity index (χ0n) is 10.7. The largest absolute Gasteiger partial charge is 0.396 e. The van der Waals surface area contributed by atoms with E-state index in [-0.39, 0.29) is 11.6 Å². The first-order chi connectivity index (χ1) is 9.16. The Kier molecular flexibility index (Phi) is 5.04. The van der Waals surface area contributed by atoms with Crippen LogP contribution in [0.3, 0.4) is 0 Å². The van der Waals surface area contributed by atoms with Crippen LogP contribution < -0.4 is 11.1 Å². The van der Waals surface area contributed by atoms with Gasteiger partial charge in [-0.1, -0.05) is 0 Å². The molecule has 1 heterocycles. The van der Waals surface area contributed by atoms with Gasteiger partial charge in [-0.3, -0.25) is 4.79 Å². The fourth-order valence-electron chi connectivity index (χ4n) is 1.93. The maximum Gasteiger partial charge on any atom is 0.232 e. The average molecular weight is 283 g/mol. The smallest absolute Gasteiger partial charge is 0.232 e. The van der Waals surface area contributed by atoms with Gasteiger partial charge in [-0.15, -0.1) is 11.8 Å². The molecule has 0 aromatic heterocycles. The molecule has 0 saturated carbocycles. The molecule has 1 amide bonds. The minimum Gasteiger partial charge on any atom is -0.396 e. The summed E-state index contributed by atoms with van der Waals surface area (Å²) in [7, 11) is 0. The average Bonchev–Trinajstić information content (AvgIpc) is 2.69. The summed E-state index contributed by atoms with van der Waals surface area (Å²) in [5.74, 6) is 0.00551. The quantitative estimate of drug-likeness (QED) is 0.649. The lowest BCUT2D eigenvalue weighted by atomic mass is 10.3. The predicted molar refractivity (Wildman–Crippen MR) is 75.6 cm³/mol. The molecular formula is C13H18FN3OS. The standard InChI is InChI=1S/C13H18FN3OS/c14-11-8-10(2-3-12(11)15)19-9-13(18)17-6-1-4-16-5-7-17/h2-3,8,16H,1,4-7,9,15H2. The van der Waals surface area contributed by atoms with Crippen LogP contribution in [0.5, 0.6) is 0 Å². The summed E-state index contributed by atoms with van der Waals surface area (Å²) < 4.78 is 13.3. The highest BCUT2D eigenvalue weighted by atomic mass is 32.2. The Hall–Kier alpha value is -1.27. The molecule has 1 aromatic rings. The van der Waals surface area contributed by atoms with Gasteiger partial charge in [0.25, 0.3) is 0 Å². The van der Waals surface area contributed by atoms with E-state index in [0.29, 0.717) is 5.75 Å². The number of halogens is 1. The molecule has 104 valence electrons. The Morgan fingerprint density at radius 1 is 1.42 bits per heavy atom. The molecule has 2 rings (SSSR count). The molecule has 0 bridgehead atoms. The van der Waals surface area contributed by atoms with Crippen molar-refractivity contribution in [1.29, 1.82) is 0 Å². The molecule has 0 spiro atoms. The number of amides is 1. The molecule has 0 unspecified atom stereocenters. The summed E-state index contributed by atoms with van der Waals surface area (Å²) in [5, 5.41) is 3.26. The van der Waals surface area contributed by atoms with Crippen molar-refractivity contribution in [1.82, 2.24) is 10.2 Å². The van der Waals surface area contributed by atoms with Gasteiger partial charge in [0.15, 0.2) is 0 Å².